The third kappa shape index (κ3) is 2.51. The van der Waals surface area contributed by atoms with E-state index in [1.165, 1.54) is 0 Å². The molecule has 2 heteroatoms. The van der Waals surface area contributed by atoms with E-state index in [1.54, 1.807) is 0 Å². The zero-order valence-corrected chi connectivity index (χ0v) is 10.9. The zero-order valence-electron chi connectivity index (χ0n) is 10.9. The first-order valence-corrected chi connectivity index (χ1v) is 6.45. The SMILES string of the molecule is CC1C[C@@H](C)N(C(=O)C(C)c2ccccc2)C1. The lowest BCUT2D eigenvalue weighted by molar-refractivity contribution is -0.133. The van der Waals surface area contributed by atoms with Gasteiger partial charge in [0.1, 0.15) is 0 Å². The molecular weight excluding hydrogens is 210 g/mol. The summed E-state index contributed by atoms with van der Waals surface area (Å²) in [5.41, 5.74) is 1.12. The Balaban J connectivity index is 2.10. The second-order valence-corrected chi connectivity index (χ2v) is 5.31. The fraction of sp³-hybridized carbons (Fsp3) is 0.533. The highest BCUT2D eigenvalue weighted by Crippen LogP contribution is 2.27. The van der Waals surface area contributed by atoms with Gasteiger partial charge in [0.25, 0.3) is 0 Å². The highest BCUT2D eigenvalue weighted by molar-refractivity contribution is 5.83. The minimum atomic E-state index is -0.0241. The molecule has 3 atom stereocenters. The van der Waals surface area contributed by atoms with Gasteiger partial charge in [0.05, 0.1) is 5.92 Å². The summed E-state index contributed by atoms with van der Waals surface area (Å²) in [4.78, 5) is 14.5. The van der Waals surface area contributed by atoms with Gasteiger partial charge in [-0.1, -0.05) is 37.3 Å². The monoisotopic (exact) mass is 231 g/mol. The molecule has 1 aromatic rings. The Morgan fingerprint density at radius 2 is 1.94 bits per heavy atom. The number of nitrogens with zero attached hydrogens (tertiary/aromatic N) is 1. The van der Waals surface area contributed by atoms with Gasteiger partial charge in [-0.3, -0.25) is 4.79 Å². The lowest BCUT2D eigenvalue weighted by atomic mass is 9.99. The molecule has 0 aliphatic carbocycles. The van der Waals surface area contributed by atoms with Crippen LogP contribution in [0.5, 0.6) is 0 Å². The highest BCUT2D eigenvalue weighted by atomic mass is 16.2. The number of carbonyl (C=O) groups is 1. The summed E-state index contributed by atoms with van der Waals surface area (Å²) < 4.78 is 0. The summed E-state index contributed by atoms with van der Waals surface area (Å²) in [6.07, 6.45) is 1.13. The van der Waals surface area contributed by atoms with Crippen molar-refractivity contribution >= 4 is 5.91 Å². The van der Waals surface area contributed by atoms with Crippen LogP contribution in [-0.4, -0.2) is 23.4 Å². The van der Waals surface area contributed by atoms with Gasteiger partial charge in [-0.15, -0.1) is 0 Å². The standard InChI is InChI=1S/C15H21NO/c1-11-9-12(2)16(10-11)15(17)13(3)14-7-5-4-6-8-14/h4-8,11-13H,9-10H2,1-3H3/t11?,12-,13?/m1/s1. The third-order valence-electron chi connectivity index (χ3n) is 3.74. The molecule has 1 aromatic carbocycles. The van der Waals surface area contributed by atoms with Gasteiger partial charge in [0, 0.05) is 12.6 Å². The normalized spacial score (nSPS) is 25.9. The number of hydrogen-bond donors (Lipinski definition) is 0. The number of likely N-dealkylation sites (tertiary alicyclic amines) is 1. The smallest absolute Gasteiger partial charge is 0.230 e. The minimum absolute atomic E-state index is 0.0241. The van der Waals surface area contributed by atoms with Crippen molar-refractivity contribution in [1.29, 1.82) is 0 Å². The van der Waals surface area contributed by atoms with Crippen molar-refractivity contribution < 1.29 is 4.79 Å². The molecule has 1 saturated heterocycles. The van der Waals surface area contributed by atoms with Crippen molar-refractivity contribution in [2.45, 2.75) is 39.2 Å². The molecule has 0 aromatic heterocycles. The van der Waals surface area contributed by atoms with E-state index in [-0.39, 0.29) is 11.8 Å². The molecule has 0 saturated carbocycles. The van der Waals surface area contributed by atoms with Crippen LogP contribution < -0.4 is 0 Å². The molecule has 0 N–H and O–H groups in total. The molecule has 2 unspecified atom stereocenters. The molecule has 1 fully saturated rings. The van der Waals surface area contributed by atoms with E-state index in [4.69, 9.17) is 0 Å². The van der Waals surface area contributed by atoms with Gasteiger partial charge in [0.15, 0.2) is 0 Å². The maximum absolute atomic E-state index is 12.4. The van der Waals surface area contributed by atoms with Crippen LogP contribution in [0.25, 0.3) is 0 Å². The maximum Gasteiger partial charge on any atom is 0.230 e. The van der Waals surface area contributed by atoms with Crippen LogP contribution in [0.1, 0.15) is 38.7 Å². The predicted octanol–water partition coefficient (Wildman–Crippen LogP) is 3.05. The van der Waals surface area contributed by atoms with Crippen molar-refractivity contribution in [3.05, 3.63) is 35.9 Å². The zero-order chi connectivity index (χ0) is 12.4. The van der Waals surface area contributed by atoms with Crippen molar-refractivity contribution in [3.63, 3.8) is 0 Å². The molecule has 2 rings (SSSR count). The highest BCUT2D eigenvalue weighted by Gasteiger charge is 2.32. The maximum atomic E-state index is 12.4. The Morgan fingerprint density at radius 1 is 1.29 bits per heavy atom. The van der Waals surface area contributed by atoms with E-state index in [0.29, 0.717) is 12.0 Å². The lowest BCUT2D eigenvalue weighted by Gasteiger charge is -2.25. The topological polar surface area (TPSA) is 20.3 Å². The van der Waals surface area contributed by atoms with E-state index in [1.807, 2.05) is 42.2 Å². The van der Waals surface area contributed by atoms with Crippen LogP contribution >= 0.6 is 0 Å². The van der Waals surface area contributed by atoms with E-state index in [0.717, 1.165) is 18.5 Å². The Morgan fingerprint density at radius 3 is 2.47 bits per heavy atom. The third-order valence-corrected chi connectivity index (χ3v) is 3.74. The van der Waals surface area contributed by atoms with Crippen LogP contribution in [0, 0.1) is 5.92 Å². The summed E-state index contributed by atoms with van der Waals surface area (Å²) >= 11 is 0. The molecule has 1 aliphatic rings. The van der Waals surface area contributed by atoms with Crippen LogP contribution in [0.4, 0.5) is 0 Å². The van der Waals surface area contributed by atoms with E-state index >= 15 is 0 Å². The number of benzene rings is 1. The van der Waals surface area contributed by atoms with Crippen LogP contribution in [0.15, 0.2) is 30.3 Å². The van der Waals surface area contributed by atoms with E-state index < -0.39 is 0 Å². The van der Waals surface area contributed by atoms with E-state index in [9.17, 15) is 4.79 Å². The molecule has 0 spiro atoms. The van der Waals surface area contributed by atoms with Gasteiger partial charge in [-0.25, -0.2) is 0 Å². The molecule has 17 heavy (non-hydrogen) atoms. The first-order valence-electron chi connectivity index (χ1n) is 6.45. The second-order valence-electron chi connectivity index (χ2n) is 5.31. The summed E-state index contributed by atoms with van der Waals surface area (Å²) in [5, 5.41) is 0. The first kappa shape index (κ1) is 12.2. The summed E-state index contributed by atoms with van der Waals surface area (Å²) in [7, 11) is 0. The van der Waals surface area contributed by atoms with E-state index in [2.05, 4.69) is 13.8 Å². The van der Waals surface area contributed by atoms with Gasteiger partial charge >= 0.3 is 0 Å². The fourth-order valence-corrected chi connectivity index (χ4v) is 2.74. The van der Waals surface area contributed by atoms with Crippen molar-refractivity contribution in [2.24, 2.45) is 5.92 Å². The largest absolute Gasteiger partial charge is 0.339 e. The molecule has 0 bridgehead atoms. The molecule has 92 valence electrons. The van der Waals surface area contributed by atoms with Crippen molar-refractivity contribution in [3.8, 4) is 0 Å². The fourth-order valence-electron chi connectivity index (χ4n) is 2.74. The average molecular weight is 231 g/mol. The number of rotatable bonds is 2. The molecule has 1 heterocycles. The Labute approximate surface area is 104 Å². The predicted molar refractivity (Wildman–Crippen MR) is 69.8 cm³/mol. The number of amides is 1. The Bertz CT molecular complexity index is 387. The summed E-state index contributed by atoms with van der Waals surface area (Å²) in [5.74, 6) is 0.883. The lowest BCUT2D eigenvalue weighted by Crippen LogP contribution is -2.36. The van der Waals surface area contributed by atoms with Crippen molar-refractivity contribution in [1.82, 2.24) is 4.90 Å². The van der Waals surface area contributed by atoms with Crippen LogP contribution in [0.2, 0.25) is 0 Å². The second kappa shape index (κ2) is 4.91. The average Bonchev–Trinajstić information content (AvgIpc) is 2.68. The molecule has 0 radical (unpaired) electrons. The summed E-state index contributed by atoms with van der Waals surface area (Å²) in [6.45, 7) is 7.29. The van der Waals surface area contributed by atoms with Gasteiger partial charge in [-0.05, 0) is 31.7 Å². The van der Waals surface area contributed by atoms with Crippen LogP contribution in [-0.2, 0) is 4.79 Å². The molecule has 2 nitrogen and oxygen atoms in total. The molecule has 1 amide bonds. The first-order chi connectivity index (χ1) is 8.09. The van der Waals surface area contributed by atoms with Gasteiger partial charge < -0.3 is 4.90 Å². The minimum Gasteiger partial charge on any atom is -0.339 e. The van der Waals surface area contributed by atoms with Gasteiger partial charge in [0.2, 0.25) is 5.91 Å². The summed E-state index contributed by atoms with van der Waals surface area (Å²) in [6, 6.07) is 10.4. The number of hydrogen-bond acceptors (Lipinski definition) is 1. The van der Waals surface area contributed by atoms with Gasteiger partial charge in [-0.2, -0.15) is 0 Å². The quantitative estimate of drug-likeness (QED) is 0.766. The van der Waals surface area contributed by atoms with Crippen LogP contribution in [0.3, 0.4) is 0 Å². The number of carbonyl (C=O) groups excluding carboxylic acids is 1. The molecular formula is C15H21NO. The Hall–Kier alpha value is -1.31. The van der Waals surface area contributed by atoms with Crippen molar-refractivity contribution in [2.75, 3.05) is 6.54 Å². The molecule has 1 aliphatic heterocycles. The Kier molecular flexibility index (Phi) is 3.51.